The molecule has 1 aromatic rings. The van der Waals surface area contributed by atoms with E-state index in [0.29, 0.717) is 6.54 Å². The third-order valence-corrected chi connectivity index (χ3v) is 3.38. The van der Waals surface area contributed by atoms with Crippen LogP contribution in [0.2, 0.25) is 5.28 Å². The Morgan fingerprint density at radius 2 is 2.45 bits per heavy atom. The molecule has 1 atom stereocenters. The first-order valence-corrected chi connectivity index (χ1v) is 6.41. The summed E-state index contributed by atoms with van der Waals surface area (Å²) in [5.74, 6) is -0.203. The minimum Gasteiger partial charge on any atom is -0.469 e. The number of halogens is 1. The van der Waals surface area contributed by atoms with Gasteiger partial charge in [-0.15, -0.1) is 0 Å². The van der Waals surface area contributed by atoms with Gasteiger partial charge in [-0.25, -0.2) is 4.98 Å². The molecule has 0 saturated carbocycles. The number of nitrogens with zero attached hydrogens (tertiary/aromatic N) is 4. The lowest BCUT2D eigenvalue weighted by Gasteiger charge is -2.24. The molecule has 1 aliphatic rings. The highest BCUT2D eigenvalue weighted by Gasteiger charge is 2.33. The minimum atomic E-state index is -0.556. The number of esters is 1. The van der Waals surface area contributed by atoms with Gasteiger partial charge in [0.25, 0.3) is 0 Å². The lowest BCUT2D eigenvalue weighted by Crippen LogP contribution is -2.32. The van der Waals surface area contributed by atoms with Gasteiger partial charge in [0.1, 0.15) is 6.20 Å². The second-order valence-electron chi connectivity index (χ2n) is 4.37. The molecule has 20 heavy (non-hydrogen) atoms. The maximum Gasteiger partial charge on any atom is 0.329 e. The number of hydrogen-bond donors (Lipinski definition) is 0. The summed E-state index contributed by atoms with van der Waals surface area (Å²) in [6, 6.07) is -0.174. The Morgan fingerprint density at radius 1 is 1.70 bits per heavy atom. The molecule has 1 aliphatic heterocycles. The zero-order valence-corrected chi connectivity index (χ0v) is 11.5. The van der Waals surface area contributed by atoms with Gasteiger partial charge in [-0.3, -0.25) is 14.9 Å². The number of nitro groups is 1. The van der Waals surface area contributed by atoms with Gasteiger partial charge < -0.3 is 9.64 Å². The number of methoxy groups -OCH3 is 1. The van der Waals surface area contributed by atoms with Crippen molar-refractivity contribution in [2.75, 3.05) is 18.6 Å². The predicted molar refractivity (Wildman–Crippen MR) is 70.7 cm³/mol. The summed E-state index contributed by atoms with van der Waals surface area (Å²) in [7, 11) is 1.31. The number of anilines is 1. The Labute approximate surface area is 119 Å². The minimum absolute atomic E-state index is 0.0608. The summed E-state index contributed by atoms with van der Waals surface area (Å²) in [5.41, 5.74) is -0.217. The number of carbonyl (C=O) groups excluding carboxylic acids is 1. The van der Waals surface area contributed by atoms with Crippen molar-refractivity contribution in [2.24, 2.45) is 0 Å². The molecule has 0 N–H and O–H groups in total. The highest BCUT2D eigenvalue weighted by molar-refractivity contribution is 6.28. The van der Waals surface area contributed by atoms with Crippen LogP contribution in [0.15, 0.2) is 6.20 Å². The Bertz CT molecular complexity index is 539. The van der Waals surface area contributed by atoms with Gasteiger partial charge in [0.15, 0.2) is 0 Å². The average molecular weight is 301 g/mol. The van der Waals surface area contributed by atoms with Crippen LogP contribution in [0.5, 0.6) is 0 Å². The van der Waals surface area contributed by atoms with Crippen LogP contribution in [0.1, 0.15) is 19.3 Å². The molecular weight excluding hydrogens is 288 g/mol. The SMILES string of the molecule is COC(=O)C[C@@H]1CCCN1c1nc(Cl)ncc1[N+](=O)[O-]. The van der Waals surface area contributed by atoms with Gasteiger partial charge in [-0.05, 0) is 24.4 Å². The number of carbonyl (C=O) groups is 1. The fourth-order valence-corrected chi connectivity index (χ4v) is 2.42. The summed E-state index contributed by atoms with van der Waals surface area (Å²) in [4.78, 5) is 31.2. The van der Waals surface area contributed by atoms with E-state index >= 15 is 0 Å². The van der Waals surface area contributed by atoms with Crippen LogP contribution < -0.4 is 4.90 Å². The van der Waals surface area contributed by atoms with Crippen molar-refractivity contribution in [1.29, 1.82) is 0 Å². The highest BCUT2D eigenvalue weighted by Crippen LogP contribution is 2.33. The first-order chi connectivity index (χ1) is 9.52. The summed E-state index contributed by atoms with van der Waals surface area (Å²) in [5, 5.41) is 11.0. The number of rotatable bonds is 4. The second kappa shape index (κ2) is 6.00. The van der Waals surface area contributed by atoms with E-state index in [1.165, 1.54) is 7.11 Å². The van der Waals surface area contributed by atoms with E-state index < -0.39 is 4.92 Å². The third-order valence-electron chi connectivity index (χ3n) is 3.20. The first-order valence-electron chi connectivity index (χ1n) is 6.03. The van der Waals surface area contributed by atoms with Crippen molar-refractivity contribution < 1.29 is 14.5 Å². The molecule has 2 heterocycles. The maximum absolute atomic E-state index is 11.4. The number of hydrogen-bond acceptors (Lipinski definition) is 7. The van der Waals surface area contributed by atoms with Crippen LogP contribution in [0, 0.1) is 10.1 Å². The van der Waals surface area contributed by atoms with E-state index in [9.17, 15) is 14.9 Å². The zero-order valence-electron chi connectivity index (χ0n) is 10.8. The molecule has 0 bridgehead atoms. The normalized spacial score (nSPS) is 18.1. The van der Waals surface area contributed by atoms with Gasteiger partial charge in [0.2, 0.25) is 11.1 Å². The molecule has 0 radical (unpaired) electrons. The topological polar surface area (TPSA) is 98.5 Å². The van der Waals surface area contributed by atoms with Crippen LogP contribution in [0.4, 0.5) is 11.5 Å². The molecule has 1 saturated heterocycles. The van der Waals surface area contributed by atoms with Crippen molar-refractivity contribution in [3.63, 3.8) is 0 Å². The lowest BCUT2D eigenvalue weighted by molar-refractivity contribution is -0.384. The first kappa shape index (κ1) is 14.4. The molecule has 0 aliphatic carbocycles. The largest absolute Gasteiger partial charge is 0.469 e. The van der Waals surface area contributed by atoms with Crippen molar-refractivity contribution >= 4 is 29.1 Å². The van der Waals surface area contributed by atoms with Crippen molar-refractivity contribution in [3.05, 3.63) is 21.6 Å². The summed E-state index contributed by atoms with van der Waals surface area (Å²) in [6.45, 7) is 0.579. The fraction of sp³-hybridized carbons (Fsp3) is 0.545. The van der Waals surface area contributed by atoms with Gasteiger partial charge in [-0.1, -0.05) is 0 Å². The Hall–Kier alpha value is -1.96. The standard InChI is InChI=1S/C11H13ClN4O4/c1-20-9(17)5-7-3-2-4-15(7)10-8(16(18)19)6-13-11(12)14-10/h6-7H,2-5H2,1H3/t7-/m0/s1. The van der Waals surface area contributed by atoms with E-state index in [2.05, 4.69) is 14.7 Å². The molecule has 2 rings (SSSR count). The summed E-state index contributed by atoms with van der Waals surface area (Å²) < 4.78 is 4.64. The van der Waals surface area contributed by atoms with Crippen LogP contribution in [0.3, 0.4) is 0 Å². The van der Waals surface area contributed by atoms with Crippen LogP contribution in [0.25, 0.3) is 0 Å². The van der Waals surface area contributed by atoms with Crippen molar-refractivity contribution in [1.82, 2.24) is 9.97 Å². The van der Waals surface area contributed by atoms with Crippen molar-refractivity contribution in [3.8, 4) is 0 Å². The van der Waals surface area contributed by atoms with Gasteiger partial charge >= 0.3 is 11.7 Å². The monoisotopic (exact) mass is 300 g/mol. The molecule has 0 unspecified atom stereocenters. The highest BCUT2D eigenvalue weighted by atomic mass is 35.5. The second-order valence-corrected chi connectivity index (χ2v) is 4.71. The van der Waals surface area contributed by atoms with Crippen LogP contribution in [-0.2, 0) is 9.53 Å². The van der Waals surface area contributed by atoms with Gasteiger partial charge in [-0.2, -0.15) is 4.98 Å². The maximum atomic E-state index is 11.4. The Kier molecular flexibility index (Phi) is 4.33. The van der Waals surface area contributed by atoms with Gasteiger partial charge in [0, 0.05) is 12.6 Å². The third kappa shape index (κ3) is 2.96. The fourth-order valence-electron chi connectivity index (χ4n) is 2.29. The quantitative estimate of drug-likeness (QED) is 0.360. The van der Waals surface area contributed by atoms with Crippen LogP contribution in [-0.4, -0.2) is 40.6 Å². The van der Waals surface area contributed by atoms with Crippen LogP contribution >= 0.6 is 11.6 Å². The lowest BCUT2D eigenvalue weighted by atomic mass is 10.1. The molecule has 0 amide bonds. The van der Waals surface area contributed by atoms with E-state index in [4.69, 9.17) is 11.6 Å². The molecule has 0 spiro atoms. The Morgan fingerprint density at radius 3 is 3.10 bits per heavy atom. The molecule has 1 fully saturated rings. The van der Waals surface area contributed by atoms with E-state index in [1.807, 2.05) is 0 Å². The zero-order chi connectivity index (χ0) is 14.7. The number of aromatic nitrogens is 2. The molecule has 9 heteroatoms. The van der Waals surface area contributed by atoms with Gasteiger partial charge in [0.05, 0.1) is 18.5 Å². The molecule has 108 valence electrons. The molecular formula is C11H13ClN4O4. The summed E-state index contributed by atoms with van der Waals surface area (Å²) >= 11 is 5.72. The average Bonchev–Trinajstić information content (AvgIpc) is 2.86. The Balaban J connectivity index is 2.31. The van der Waals surface area contributed by atoms with E-state index in [1.54, 1.807) is 4.90 Å². The van der Waals surface area contributed by atoms with E-state index in [0.717, 1.165) is 19.0 Å². The number of ether oxygens (including phenoxy) is 1. The predicted octanol–water partition coefficient (Wildman–Crippen LogP) is 1.57. The van der Waals surface area contributed by atoms with E-state index in [-0.39, 0.29) is 35.2 Å². The summed E-state index contributed by atoms with van der Waals surface area (Å²) in [6.07, 6.45) is 2.81. The molecule has 1 aromatic heterocycles. The molecule has 0 aromatic carbocycles. The smallest absolute Gasteiger partial charge is 0.329 e. The van der Waals surface area contributed by atoms with Crippen molar-refractivity contribution in [2.45, 2.75) is 25.3 Å². The molecule has 8 nitrogen and oxygen atoms in total.